The molecular formula is C13H18O3S. The third kappa shape index (κ3) is 4.40. The average Bonchev–Trinajstić information content (AvgIpc) is 2.36. The summed E-state index contributed by atoms with van der Waals surface area (Å²) in [6, 6.07) is 7.60. The Morgan fingerprint density at radius 2 is 2.12 bits per heavy atom. The Morgan fingerprint density at radius 1 is 1.41 bits per heavy atom. The lowest BCUT2D eigenvalue weighted by molar-refractivity contribution is -0.139. The van der Waals surface area contributed by atoms with Crippen LogP contribution in [-0.4, -0.2) is 23.4 Å². The van der Waals surface area contributed by atoms with Crippen LogP contribution in [0.15, 0.2) is 29.2 Å². The fraction of sp³-hybridized carbons (Fsp3) is 0.462. The Morgan fingerprint density at radius 3 is 2.76 bits per heavy atom. The van der Waals surface area contributed by atoms with E-state index in [0.717, 1.165) is 10.5 Å². The Bertz CT molecular complexity index is 365. The summed E-state index contributed by atoms with van der Waals surface area (Å²) in [4.78, 5) is 12.2. The van der Waals surface area contributed by atoms with E-state index in [1.165, 1.54) is 11.8 Å². The summed E-state index contributed by atoms with van der Waals surface area (Å²) in [7, 11) is 0. The molecule has 0 saturated carbocycles. The van der Waals surface area contributed by atoms with Crippen molar-refractivity contribution in [3.05, 3.63) is 29.8 Å². The van der Waals surface area contributed by atoms with E-state index in [4.69, 9.17) is 4.74 Å². The lowest BCUT2D eigenvalue weighted by atomic mass is 10.1. The number of esters is 1. The van der Waals surface area contributed by atoms with Gasteiger partial charge in [0.2, 0.25) is 0 Å². The molecule has 0 unspecified atom stereocenters. The van der Waals surface area contributed by atoms with Crippen LogP contribution >= 0.6 is 11.8 Å². The lowest BCUT2D eigenvalue weighted by Gasteiger charge is -2.13. The minimum absolute atomic E-state index is 0.224. The first-order valence-electron chi connectivity index (χ1n) is 5.74. The van der Waals surface area contributed by atoms with Crippen LogP contribution in [-0.2, 0) is 9.53 Å². The van der Waals surface area contributed by atoms with Gasteiger partial charge >= 0.3 is 5.97 Å². The van der Waals surface area contributed by atoms with Crippen molar-refractivity contribution in [1.82, 2.24) is 0 Å². The van der Waals surface area contributed by atoms with E-state index < -0.39 is 6.10 Å². The highest BCUT2D eigenvalue weighted by Gasteiger charge is 2.11. The van der Waals surface area contributed by atoms with Crippen LogP contribution in [0, 0.1) is 0 Å². The van der Waals surface area contributed by atoms with Gasteiger partial charge in [0.05, 0.1) is 18.5 Å². The number of rotatable bonds is 6. The molecular weight excluding hydrogens is 236 g/mol. The van der Waals surface area contributed by atoms with Crippen molar-refractivity contribution >= 4 is 17.7 Å². The van der Waals surface area contributed by atoms with Gasteiger partial charge < -0.3 is 9.84 Å². The molecule has 1 rings (SSSR count). The standard InChI is InChI=1S/C13H18O3S/c1-3-11(14)10-7-5-6-8-12(10)17-9-13(15)16-4-2/h5-8,11,14H,3-4,9H2,1-2H3/t11-/m1/s1. The zero-order valence-electron chi connectivity index (χ0n) is 10.2. The number of aliphatic hydroxyl groups is 1. The third-order valence-corrected chi connectivity index (χ3v) is 3.38. The van der Waals surface area contributed by atoms with Crippen LogP contribution in [0.3, 0.4) is 0 Å². The molecule has 3 nitrogen and oxygen atoms in total. The fourth-order valence-electron chi connectivity index (χ4n) is 1.45. The summed E-state index contributed by atoms with van der Waals surface area (Å²) < 4.78 is 4.87. The van der Waals surface area contributed by atoms with Crippen LogP contribution in [0.5, 0.6) is 0 Å². The van der Waals surface area contributed by atoms with Crippen molar-refractivity contribution in [2.75, 3.05) is 12.4 Å². The van der Waals surface area contributed by atoms with E-state index in [2.05, 4.69) is 0 Å². The molecule has 4 heteroatoms. The molecule has 0 bridgehead atoms. The molecule has 0 aliphatic heterocycles. The lowest BCUT2D eigenvalue weighted by Crippen LogP contribution is -2.07. The fourth-order valence-corrected chi connectivity index (χ4v) is 2.35. The van der Waals surface area contributed by atoms with Gasteiger partial charge in [0, 0.05) is 4.90 Å². The van der Waals surface area contributed by atoms with Crippen LogP contribution in [0.25, 0.3) is 0 Å². The smallest absolute Gasteiger partial charge is 0.316 e. The zero-order chi connectivity index (χ0) is 12.7. The quantitative estimate of drug-likeness (QED) is 0.626. The molecule has 0 saturated heterocycles. The van der Waals surface area contributed by atoms with E-state index in [1.54, 1.807) is 6.92 Å². The van der Waals surface area contributed by atoms with Gasteiger partial charge in [0.15, 0.2) is 0 Å². The van der Waals surface area contributed by atoms with Crippen LogP contribution in [0.4, 0.5) is 0 Å². The molecule has 1 aromatic rings. The van der Waals surface area contributed by atoms with Gasteiger partial charge in [0.1, 0.15) is 0 Å². The maximum atomic E-state index is 11.3. The highest BCUT2D eigenvalue weighted by atomic mass is 32.2. The van der Waals surface area contributed by atoms with Gasteiger partial charge in [-0.15, -0.1) is 11.8 Å². The molecule has 94 valence electrons. The van der Waals surface area contributed by atoms with Crippen LogP contribution < -0.4 is 0 Å². The van der Waals surface area contributed by atoms with Crippen LogP contribution in [0.1, 0.15) is 31.9 Å². The van der Waals surface area contributed by atoms with Gasteiger partial charge in [0.25, 0.3) is 0 Å². The van der Waals surface area contributed by atoms with Gasteiger partial charge in [-0.2, -0.15) is 0 Å². The Kier molecular flexibility index (Phi) is 6.08. The van der Waals surface area contributed by atoms with Gasteiger partial charge in [-0.3, -0.25) is 4.79 Å². The first-order chi connectivity index (χ1) is 8.19. The van der Waals surface area contributed by atoms with Crippen molar-refractivity contribution in [1.29, 1.82) is 0 Å². The molecule has 0 spiro atoms. The number of hydrogen-bond donors (Lipinski definition) is 1. The second-order valence-corrected chi connectivity index (χ2v) is 4.57. The monoisotopic (exact) mass is 254 g/mol. The molecule has 0 amide bonds. The Hall–Kier alpha value is -1.00. The number of thioether (sulfide) groups is 1. The number of benzene rings is 1. The maximum absolute atomic E-state index is 11.3. The Balaban J connectivity index is 2.67. The first-order valence-corrected chi connectivity index (χ1v) is 6.73. The molecule has 17 heavy (non-hydrogen) atoms. The number of aliphatic hydroxyl groups excluding tert-OH is 1. The maximum Gasteiger partial charge on any atom is 0.316 e. The second kappa shape index (κ2) is 7.35. The number of ether oxygens (including phenoxy) is 1. The highest BCUT2D eigenvalue weighted by Crippen LogP contribution is 2.28. The minimum Gasteiger partial charge on any atom is -0.465 e. The molecule has 0 aromatic heterocycles. The van der Waals surface area contributed by atoms with Crippen molar-refractivity contribution < 1.29 is 14.6 Å². The average molecular weight is 254 g/mol. The molecule has 1 atom stereocenters. The SMILES string of the molecule is CCOC(=O)CSc1ccccc1[C@H](O)CC. The van der Waals surface area contributed by atoms with Gasteiger partial charge in [-0.1, -0.05) is 25.1 Å². The molecule has 0 radical (unpaired) electrons. The predicted octanol–water partition coefficient (Wildman–Crippen LogP) is 2.79. The summed E-state index contributed by atoms with van der Waals surface area (Å²) in [6.07, 6.45) is 0.192. The molecule has 0 heterocycles. The minimum atomic E-state index is -0.471. The van der Waals surface area contributed by atoms with Crippen molar-refractivity contribution in [2.24, 2.45) is 0 Å². The normalized spacial score (nSPS) is 12.2. The molecule has 0 aliphatic rings. The number of hydrogen-bond acceptors (Lipinski definition) is 4. The van der Waals surface area contributed by atoms with E-state index >= 15 is 0 Å². The van der Waals surface area contributed by atoms with Gasteiger partial charge in [-0.05, 0) is 25.0 Å². The van der Waals surface area contributed by atoms with Crippen molar-refractivity contribution in [3.8, 4) is 0 Å². The topological polar surface area (TPSA) is 46.5 Å². The molecule has 0 aliphatic carbocycles. The summed E-state index contributed by atoms with van der Waals surface area (Å²) in [6.45, 7) is 4.12. The summed E-state index contributed by atoms with van der Waals surface area (Å²) in [5, 5.41) is 9.85. The van der Waals surface area contributed by atoms with E-state index in [9.17, 15) is 9.90 Å². The Labute approximate surface area is 106 Å². The third-order valence-electron chi connectivity index (χ3n) is 2.32. The van der Waals surface area contributed by atoms with E-state index in [0.29, 0.717) is 13.0 Å². The summed E-state index contributed by atoms with van der Waals surface area (Å²) in [5.74, 6) is 0.0553. The molecule has 0 fully saturated rings. The summed E-state index contributed by atoms with van der Waals surface area (Å²) >= 11 is 1.40. The largest absolute Gasteiger partial charge is 0.465 e. The molecule has 1 N–H and O–H groups in total. The van der Waals surface area contributed by atoms with E-state index in [1.807, 2.05) is 31.2 Å². The van der Waals surface area contributed by atoms with Gasteiger partial charge in [-0.25, -0.2) is 0 Å². The van der Waals surface area contributed by atoms with Crippen molar-refractivity contribution in [2.45, 2.75) is 31.3 Å². The highest BCUT2D eigenvalue weighted by molar-refractivity contribution is 8.00. The molecule has 1 aromatic carbocycles. The van der Waals surface area contributed by atoms with Crippen LogP contribution in [0.2, 0.25) is 0 Å². The number of carbonyl (C=O) groups excluding carboxylic acids is 1. The van der Waals surface area contributed by atoms with E-state index in [-0.39, 0.29) is 11.7 Å². The van der Waals surface area contributed by atoms with Crippen molar-refractivity contribution in [3.63, 3.8) is 0 Å². The summed E-state index contributed by atoms with van der Waals surface area (Å²) in [5.41, 5.74) is 0.879. The number of carbonyl (C=O) groups is 1. The second-order valence-electron chi connectivity index (χ2n) is 3.56. The predicted molar refractivity (Wildman–Crippen MR) is 69.0 cm³/mol. The first kappa shape index (κ1) is 14.1. The zero-order valence-corrected chi connectivity index (χ0v) is 11.0.